The quantitative estimate of drug-likeness (QED) is 0.473. The third-order valence-corrected chi connectivity index (χ3v) is 2.93. The number of pyridine rings is 1. The van der Waals surface area contributed by atoms with Gasteiger partial charge in [-0.1, -0.05) is 0 Å². The highest BCUT2D eigenvalue weighted by atomic mass is 16.6. The summed E-state index contributed by atoms with van der Waals surface area (Å²) in [5.74, 6) is 0.268. The fraction of sp³-hybridized carbons (Fsp3) is 0.250. The highest BCUT2D eigenvalue weighted by Gasteiger charge is 2.19. The van der Waals surface area contributed by atoms with Crippen LogP contribution >= 0.6 is 0 Å². The van der Waals surface area contributed by atoms with Gasteiger partial charge in [-0.05, 0) is 13.8 Å². The maximum atomic E-state index is 11.0. The molecule has 0 fully saturated rings. The van der Waals surface area contributed by atoms with Crippen molar-refractivity contribution in [3.8, 4) is 0 Å². The average Bonchev–Trinajstić information content (AvgIpc) is 2.79. The second-order valence-electron chi connectivity index (χ2n) is 4.15. The summed E-state index contributed by atoms with van der Waals surface area (Å²) in [5.41, 5.74) is 1.65. The van der Waals surface area contributed by atoms with Crippen molar-refractivity contribution in [1.82, 2.24) is 14.5 Å². The van der Waals surface area contributed by atoms with E-state index in [9.17, 15) is 14.9 Å². The molecule has 7 nitrogen and oxygen atoms in total. The number of aldehydes is 1. The lowest BCUT2D eigenvalue weighted by molar-refractivity contribution is -0.386. The molecule has 0 atom stereocenters. The topological polar surface area (TPSA) is 90.9 Å². The van der Waals surface area contributed by atoms with Crippen molar-refractivity contribution in [2.75, 3.05) is 0 Å². The van der Waals surface area contributed by atoms with Gasteiger partial charge in [0.25, 0.3) is 5.69 Å². The van der Waals surface area contributed by atoms with E-state index in [0.29, 0.717) is 23.1 Å². The van der Waals surface area contributed by atoms with Crippen LogP contribution in [0.15, 0.2) is 18.6 Å². The van der Waals surface area contributed by atoms with Gasteiger partial charge in [0.05, 0.1) is 22.7 Å². The first-order valence-corrected chi connectivity index (χ1v) is 5.60. The Morgan fingerprint density at radius 3 is 2.79 bits per heavy atom. The smallest absolute Gasteiger partial charge is 0.278 e. The summed E-state index contributed by atoms with van der Waals surface area (Å²) in [6.07, 6.45) is 5.24. The maximum Gasteiger partial charge on any atom is 0.278 e. The van der Waals surface area contributed by atoms with Crippen LogP contribution in [-0.2, 0) is 6.54 Å². The zero-order valence-corrected chi connectivity index (χ0v) is 10.5. The number of carbonyl (C=O) groups is 1. The van der Waals surface area contributed by atoms with Crippen LogP contribution in [0, 0.1) is 24.0 Å². The summed E-state index contributed by atoms with van der Waals surface area (Å²) >= 11 is 0. The standard InChI is InChI=1S/C12H12N4O3/c1-8-5-14-10(9(2)12(8)16(18)19)6-15-4-3-13-11(15)7-17/h3-5,7H,6H2,1-2H3. The Morgan fingerprint density at radius 2 is 2.16 bits per heavy atom. The van der Waals surface area contributed by atoms with Crippen LogP contribution < -0.4 is 0 Å². The fourth-order valence-corrected chi connectivity index (χ4v) is 1.94. The van der Waals surface area contributed by atoms with E-state index in [-0.39, 0.29) is 18.1 Å². The number of hydrogen-bond donors (Lipinski definition) is 0. The SMILES string of the molecule is Cc1cnc(Cn2ccnc2C=O)c(C)c1[N+](=O)[O-]. The van der Waals surface area contributed by atoms with E-state index >= 15 is 0 Å². The van der Waals surface area contributed by atoms with E-state index < -0.39 is 4.92 Å². The van der Waals surface area contributed by atoms with E-state index in [1.165, 1.54) is 12.4 Å². The molecule has 0 N–H and O–H groups in total. The van der Waals surface area contributed by atoms with E-state index in [2.05, 4.69) is 9.97 Å². The third-order valence-electron chi connectivity index (χ3n) is 2.93. The van der Waals surface area contributed by atoms with Crippen LogP contribution in [0.2, 0.25) is 0 Å². The molecule has 98 valence electrons. The fourth-order valence-electron chi connectivity index (χ4n) is 1.94. The molecule has 0 aliphatic carbocycles. The minimum absolute atomic E-state index is 0.0674. The zero-order valence-electron chi connectivity index (χ0n) is 10.5. The molecule has 19 heavy (non-hydrogen) atoms. The molecule has 0 bridgehead atoms. The van der Waals surface area contributed by atoms with Crippen molar-refractivity contribution in [1.29, 1.82) is 0 Å². The van der Waals surface area contributed by atoms with Gasteiger partial charge in [-0.25, -0.2) is 4.98 Å². The Balaban J connectivity index is 2.44. The average molecular weight is 260 g/mol. The van der Waals surface area contributed by atoms with E-state index in [1.54, 1.807) is 24.6 Å². The van der Waals surface area contributed by atoms with Crippen LogP contribution in [0.25, 0.3) is 0 Å². The van der Waals surface area contributed by atoms with Gasteiger partial charge < -0.3 is 4.57 Å². The summed E-state index contributed by atoms with van der Waals surface area (Å²) < 4.78 is 1.60. The normalized spacial score (nSPS) is 10.4. The Morgan fingerprint density at radius 1 is 1.42 bits per heavy atom. The summed E-state index contributed by atoms with van der Waals surface area (Å²) in [4.78, 5) is 29.5. The molecular weight excluding hydrogens is 248 g/mol. The summed E-state index contributed by atoms with van der Waals surface area (Å²) in [5, 5.41) is 11.0. The van der Waals surface area contributed by atoms with Crippen molar-refractivity contribution >= 4 is 12.0 Å². The molecule has 0 radical (unpaired) electrons. The highest BCUT2D eigenvalue weighted by Crippen LogP contribution is 2.24. The largest absolute Gasteiger partial charge is 0.323 e. The van der Waals surface area contributed by atoms with Crippen LogP contribution in [-0.4, -0.2) is 25.7 Å². The first-order chi connectivity index (χ1) is 9.04. The third kappa shape index (κ3) is 2.35. The molecule has 2 aromatic heterocycles. The van der Waals surface area contributed by atoms with Gasteiger partial charge in [0.2, 0.25) is 0 Å². The molecule has 0 aliphatic rings. The van der Waals surface area contributed by atoms with Gasteiger partial charge in [-0.3, -0.25) is 19.9 Å². The molecular formula is C12H12N4O3. The Hall–Kier alpha value is -2.57. The molecule has 0 aliphatic heterocycles. The monoisotopic (exact) mass is 260 g/mol. The van der Waals surface area contributed by atoms with Crippen LogP contribution in [0.5, 0.6) is 0 Å². The van der Waals surface area contributed by atoms with Crippen LogP contribution in [0.4, 0.5) is 5.69 Å². The van der Waals surface area contributed by atoms with E-state index in [4.69, 9.17) is 0 Å². The van der Waals surface area contributed by atoms with Gasteiger partial charge in [0, 0.05) is 24.2 Å². The lowest BCUT2D eigenvalue weighted by Crippen LogP contribution is -2.09. The molecule has 0 saturated carbocycles. The number of hydrogen-bond acceptors (Lipinski definition) is 5. The first-order valence-electron chi connectivity index (χ1n) is 5.60. The van der Waals surface area contributed by atoms with E-state index in [1.807, 2.05) is 0 Å². The van der Waals surface area contributed by atoms with Gasteiger partial charge >= 0.3 is 0 Å². The van der Waals surface area contributed by atoms with Gasteiger partial charge in [0.1, 0.15) is 0 Å². The summed E-state index contributed by atoms with van der Waals surface area (Å²) in [6, 6.07) is 0. The summed E-state index contributed by atoms with van der Waals surface area (Å²) in [7, 11) is 0. The predicted octanol–water partition coefficient (Wildman–Crippen LogP) is 1.66. The van der Waals surface area contributed by atoms with Crippen molar-refractivity contribution in [3.63, 3.8) is 0 Å². The maximum absolute atomic E-state index is 11.0. The van der Waals surface area contributed by atoms with Crippen molar-refractivity contribution in [2.24, 2.45) is 0 Å². The minimum atomic E-state index is -0.412. The number of rotatable bonds is 4. The molecule has 2 heterocycles. The molecule has 2 rings (SSSR count). The lowest BCUT2D eigenvalue weighted by atomic mass is 10.1. The van der Waals surface area contributed by atoms with Gasteiger partial charge in [-0.15, -0.1) is 0 Å². The zero-order chi connectivity index (χ0) is 14.0. The minimum Gasteiger partial charge on any atom is -0.323 e. The molecule has 0 amide bonds. The molecule has 2 aromatic rings. The van der Waals surface area contributed by atoms with Crippen molar-refractivity contribution in [2.45, 2.75) is 20.4 Å². The number of carbonyl (C=O) groups excluding carboxylic acids is 1. The second kappa shape index (κ2) is 4.97. The number of nitro groups is 1. The molecule has 0 unspecified atom stereocenters. The van der Waals surface area contributed by atoms with Crippen LogP contribution in [0.1, 0.15) is 27.4 Å². The van der Waals surface area contributed by atoms with Gasteiger partial charge in [0.15, 0.2) is 12.1 Å². The molecule has 7 heteroatoms. The second-order valence-corrected chi connectivity index (χ2v) is 4.15. The Bertz CT molecular complexity index is 648. The van der Waals surface area contributed by atoms with Gasteiger partial charge in [-0.2, -0.15) is 0 Å². The number of imidazole rings is 1. The Kier molecular flexibility index (Phi) is 3.37. The summed E-state index contributed by atoms with van der Waals surface area (Å²) in [6.45, 7) is 3.59. The van der Waals surface area contributed by atoms with Crippen molar-refractivity contribution in [3.05, 3.63) is 51.4 Å². The lowest BCUT2D eigenvalue weighted by Gasteiger charge is -2.08. The number of aryl methyl sites for hydroxylation is 1. The molecule has 0 aromatic carbocycles. The molecule has 0 spiro atoms. The van der Waals surface area contributed by atoms with E-state index in [0.717, 1.165) is 0 Å². The predicted molar refractivity (Wildman–Crippen MR) is 67.1 cm³/mol. The molecule has 0 saturated heterocycles. The number of aromatic nitrogens is 3. The van der Waals surface area contributed by atoms with Crippen molar-refractivity contribution < 1.29 is 9.72 Å². The first kappa shape index (κ1) is 12.9. The Labute approximate surface area is 109 Å². The number of nitrogens with zero attached hydrogens (tertiary/aromatic N) is 4. The highest BCUT2D eigenvalue weighted by molar-refractivity contribution is 5.69. The van der Waals surface area contributed by atoms with Crippen LogP contribution in [0.3, 0.4) is 0 Å².